The number of nitrogens with one attached hydrogen (secondary N) is 3. The zero-order valence-corrected chi connectivity index (χ0v) is 39.7. The summed E-state index contributed by atoms with van der Waals surface area (Å²) in [6, 6.07) is 22.6. The van der Waals surface area contributed by atoms with E-state index in [4.69, 9.17) is 19.2 Å². The molecule has 0 radical (unpaired) electrons. The second-order valence-corrected chi connectivity index (χ2v) is 22.3. The number of carbonyl (C=O) groups is 1. The first kappa shape index (κ1) is 44.7. The summed E-state index contributed by atoms with van der Waals surface area (Å²) in [4.78, 5) is 41.0. The Bertz CT molecular complexity index is 2870. The number of sulfonamides is 1. The quantitative estimate of drug-likeness (QED) is 0.0851. The average molecular weight is 945 g/mol. The van der Waals surface area contributed by atoms with Gasteiger partial charge < -0.3 is 34.3 Å². The lowest BCUT2D eigenvalue weighted by atomic mass is 9.59. The minimum atomic E-state index is -4.59. The maximum atomic E-state index is 14.6. The largest absolute Gasteiger partial charge is 0.468 e. The number of anilines is 4. The predicted molar refractivity (Wildman–Crippen MR) is 259 cm³/mol. The molecule has 4 saturated heterocycles. The van der Waals surface area contributed by atoms with Crippen molar-refractivity contribution < 1.29 is 32.3 Å². The van der Waals surface area contributed by atoms with Crippen LogP contribution in [0.4, 0.5) is 28.4 Å². The van der Waals surface area contributed by atoms with Crippen molar-refractivity contribution in [3.63, 3.8) is 0 Å². The molecule has 358 valence electrons. The number of ether oxygens (including phenoxy) is 3. The van der Waals surface area contributed by atoms with Crippen LogP contribution in [0.25, 0.3) is 11.0 Å². The van der Waals surface area contributed by atoms with Gasteiger partial charge in [0.2, 0.25) is 5.88 Å². The van der Waals surface area contributed by atoms with Crippen molar-refractivity contribution in [1.82, 2.24) is 19.6 Å². The number of piperidine rings is 1. The highest BCUT2D eigenvalue weighted by molar-refractivity contribution is 7.90. The number of nitro groups is 1. The minimum absolute atomic E-state index is 0.112. The van der Waals surface area contributed by atoms with Gasteiger partial charge in [0.05, 0.1) is 40.3 Å². The highest BCUT2D eigenvalue weighted by atomic mass is 32.2. The number of H-pyrrole nitrogens is 1. The van der Waals surface area contributed by atoms with Crippen molar-refractivity contribution >= 4 is 55.4 Å². The molecule has 6 aliphatic rings. The topological polar surface area (TPSA) is 184 Å². The third-order valence-electron chi connectivity index (χ3n) is 16.0. The van der Waals surface area contributed by atoms with E-state index in [1.54, 1.807) is 6.07 Å². The normalized spacial score (nSPS) is 23.8. The van der Waals surface area contributed by atoms with Gasteiger partial charge in [0.15, 0.2) is 0 Å². The van der Waals surface area contributed by atoms with Gasteiger partial charge in [0, 0.05) is 68.3 Å². The lowest BCUT2D eigenvalue weighted by Gasteiger charge is -2.56. The van der Waals surface area contributed by atoms with Crippen LogP contribution in [0.1, 0.15) is 86.3 Å². The Labute approximate surface area is 396 Å². The van der Waals surface area contributed by atoms with E-state index in [-0.39, 0.29) is 34.0 Å². The summed E-state index contributed by atoms with van der Waals surface area (Å²) in [7, 11) is -4.59. The number of hydrogen-bond donors (Lipinski definition) is 3. The molecule has 1 amide bonds. The molecular weight excluding hydrogens is 885 g/mol. The van der Waals surface area contributed by atoms with E-state index >= 15 is 0 Å². The number of aryl methyl sites for hydroxylation is 1. The molecule has 17 heteroatoms. The fourth-order valence-electron chi connectivity index (χ4n) is 12.1. The molecule has 7 heterocycles. The summed E-state index contributed by atoms with van der Waals surface area (Å²) in [6.45, 7) is 12.3. The second-order valence-electron chi connectivity index (χ2n) is 20.7. The second kappa shape index (κ2) is 17.3. The number of amides is 1. The molecular formula is C51H60N8O8S. The molecule has 1 spiro atoms. The molecule has 2 aromatic heterocycles. The molecule has 1 aliphatic carbocycles. The highest BCUT2D eigenvalue weighted by Crippen LogP contribution is 2.57. The highest BCUT2D eigenvalue weighted by Gasteiger charge is 2.53. The van der Waals surface area contributed by atoms with E-state index in [2.05, 4.69) is 69.9 Å². The summed E-state index contributed by atoms with van der Waals surface area (Å²) in [5, 5.41) is 16.3. The molecule has 3 aromatic carbocycles. The Morgan fingerprint density at radius 2 is 1.74 bits per heavy atom. The van der Waals surface area contributed by atoms with Crippen molar-refractivity contribution in [2.45, 2.75) is 94.8 Å². The van der Waals surface area contributed by atoms with Gasteiger partial charge in [-0.25, -0.2) is 13.1 Å². The Morgan fingerprint density at radius 1 is 0.941 bits per heavy atom. The van der Waals surface area contributed by atoms with Crippen LogP contribution in [-0.2, 0) is 19.5 Å². The third-order valence-corrected chi connectivity index (χ3v) is 17.3. The molecule has 5 aliphatic heterocycles. The van der Waals surface area contributed by atoms with Crippen molar-refractivity contribution in [3.8, 4) is 5.88 Å². The first-order valence-corrected chi connectivity index (χ1v) is 25.6. The van der Waals surface area contributed by atoms with E-state index in [9.17, 15) is 23.3 Å². The standard InChI is InChI=1S/C51H60N8O8S/c1-32-6-4-5-7-38(32)46-50(2,3)15-21-57(46)36-27-51(28-36)16-19-56(20-17-51)35-8-10-39(41(25-35)58-43-24-34-12-18-52-47(34)54-49(43)67-45-31-66-30-44(45)58)48(60)55-68(63,64)37-9-11-40(42(26-37)59(61)62)53-29-33-13-22-65-23-14-33/h4-12,18,24-26,33,36,44-46,53H,13-17,19-23,27-31H2,1-3H3,(H,52,54)(H,55,60)/t44-,45-,46-/m1/s1. The van der Waals surface area contributed by atoms with E-state index in [0.29, 0.717) is 68.0 Å². The van der Waals surface area contributed by atoms with E-state index in [1.807, 2.05) is 35.4 Å². The fourth-order valence-corrected chi connectivity index (χ4v) is 13.1. The van der Waals surface area contributed by atoms with Crippen molar-refractivity contribution in [2.24, 2.45) is 16.7 Å². The van der Waals surface area contributed by atoms with Crippen molar-refractivity contribution in [2.75, 3.05) is 67.7 Å². The molecule has 11 rings (SSSR count). The number of pyridine rings is 1. The molecule has 3 atom stereocenters. The SMILES string of the molecule is Cc1ccccc1[C@H]1N(C2CC3(CCN(c4ccc(C(=O)NS(=O)(=O)c5ccc(NCC6CCOCC6)c([N+](=O)[O-])c5)c(N5c6cc7cc[nH]c7nc6O[C@@H]6COC[C@H]65)c4)CC3)C2)CCC1(C)C. The van der Waals surface area contributed by atoms with Gasteiger partial charge in [-0.15, -0.1) is 0 Å². The maximum Gasteiger partial charge on any atom is 0.293 e. The summed E-state index contributed by atoms with van der Waals surface area (Å²) < 4.78 is 48.3. The fraction of sp³-hybridized carbons (Fsp3) is 0.490. The molecule has 5 fully saturated rings. The van der Waals surface area contributed by atoms with Crippen LogP contribution >= 0.6 is 0 Å². The Balaban J connectivity index is 0.872. The molecule has 68 heavy (non-hydrogen) atoms. The molecule has 3 N–H and O–H groups in total. The Kier molecular flexibility index (Phi) is 11.4. The average Bonchev–Trinajstić information content (AvgIpc) is 4.07. The minimum Gasteiger partial charge on any atom is -0.468 e. The van der Waals surface area contributed by atoms with Gasteiger partial charge in [0.1, 0.15) is 23.1 Å². The smallest absolute Gasteiger partial charge is 0.293 e. The first-order valence-electron chi connectivity index (χ1n) is 24.2. The van der Waals surface area contributed by atoms with Crippen LogP contribution in [0.3, 0.4) is 0 Å². The number of nitro benzene ring substituents is 1. The zero-order chi connectivity index (χ0) is 47.0. The number of likely N-dealkylation sites (tertiary alicyclic amines) is 1. The van der Waals surface area contributed by atoms with E-state index in [0.717, 1.165) is 62.5 Å². The monoisotopic (exact) mass is 944 g/mol. The zero-order valence-electron chi connectivity index (χ0n) is 38.9. The summed E-state index contributed by atoms with van der Waals surface area (Å²) in [5.74, 6) is -0.226. The Morgan fingerprint density at radius 3 is 2.51 bits per heavy atom. The predicted octanol–water partition coefficient (Wildman–Crippen LogP) is 8.26. The molecule has 16 nitrogen and oxygen atoms in total. The van der Waals surface area contributed by atoms with Crippen molar-refractivity contribution in [1.29, 1.82) is 0 Å². The van der Waals surface area contributed by atoms with Crippen LogP contribution in [0.15, 0.2) is 83.9 Å². The maximum absolute atomic E-state index is 14.6. The van der Waals surface area contributed by atoms with E-state index in [1.165, 1.54) is 42.5 Å². The summed E-state index contributed by atoms with van der Waals surface area (Å²) in [6.07, 6.45) is 8.71. The number of carbonyl (C=O) groups excluding carboxylic acids is 1. The van der Waals surface area contributed by atoms with Crippen LogP contribution in [0.2, 0.25) is 0 Å². The summed E-state index contributed by atoms with van der Waals surface area (Å²) >= 11 is 0. The number of nitrogens with zero attached hydrogens (tertiary/aromatic N) is 5. The lowest BCUT2D eigenvalue weighted by molar-refractivity contribution is -0.384. The van der Waals surface area contributed by atoms with Crippen LogP contribution in [0.5, 0.6) is 5.88 Å². The number of aromatic nitrogens is 2. The van der Waals surface area contributed by atoms with Crippen LogP contribution in [-0.4, -0.2) is 105 Å². The first-order chi connectivity index (χ1) is 32.8. The number of benzene rings is 3. The number of rotatable bonds is 11. The van der Waals surface area contributed by atoms with E-state index < -0.39 is 37.5 Å². The third kappa shape index (κ3) is 8.13. The van der Waals surface area contributed by atoms with Crippen molar-refractivity contribution in [3.05, 3.63) is 106 Å². The number of hydrogen-bond acceptors (Lipinski definition) is 13. The van der Waals surface area contributed by atoms with Crippen LogP contribution in [0, 0.1) is 33.8 Å². The Hall–Kier alpha value is -5.75. The molecule has 0 bridgehead atoms. The number of fused-ring (bicyclic) bond motifs is 3. The molecule has 5 aromatic rings. The molecule has 0 unspecified atom stereocenters. The van der Waals surface area contributed by atoms with Crippen LogP contribution < -0.4 is 24.6 Å². The van der Waals surface area contributed by atoms with Gasteiger partial charge in [0.25, 0.3) is 21.6 Å². The lowest BCUT2D eigenvalue weighted by Crippen LogP contribution is -2.55. The van der Waals surface area contributed by atoms with Gasteiger partial charge >= 0.3 is 0 Å². The van der Waals surface area contributed by atoms with Gasteiger partial charge in [-0.05, 0) is 129 Å². The van der Waals surface area contributed by atoms with Gasteiger partial charge in [-0.1, -0.05) is 38.1 Å². The summed E-state index contributed by atoms with van der Waals surface area (Å²) in [5.41, 5.74) is 5.90. The van der Waals surface area contributed by atoms with Gasteiger partial charge in [-0.2, -0.15) is 4.98 Å². The van der Waals surface area contributed by atoms with Gasteiger partial charge in [-0.3, -0.25) is 19.8 Å². The number of aromatic amines is 1. The molecule has 1 saturated carbocycles.